The Kier molecular flexibility index (Phi) is 6.34. The molecule has 1 heterocycles. The van der Waals surface area contributed by atoms with Crippen molar-refractivity contribution in [2.75, 3.05) is 11.5 Å². The van der Waals surface area contributed by atoms with Crippen LogP contribution in [0.4, 0.5) is 28.0 Å². The minimum Gasteiger partial charge on any atom is -0.508 e. The molecule has 2 N–H and O–H groups in total. The van der Waals surface area contributed by atoms with Crippen LogP contribution in [0.1, 0.15) is 17.2 Å². The van der Waals surface area contributed by atoms with Crippen LogP contribution in [0.2, 0.25) is 0 Å². The first-order valence-corrected chi connectivity index (χ1v) is 10.2. The van der Waals surface area contributed by atoms with Crippen molar-refractivity contribution in [1.82, 2.24) is 0 Å². The molecule has 4 rings (SSSR count). The zero-order chi connectivity index (χ0) is 24.5. The summed E-state index contributed by atoms with van der Waals surface area (Å²) in [5.74, 6) is -0.419. The Balaban J connectivity index is 1.56. The highest BCUT2D eigenvalue weighted by molar-refractivity contribution is 5.91. The Hall–Kier alpha value is -3.79. The maximum absolute atomic E-state index is 13.4. The van der Waals surface area contributed by atoms with E-state index in [4.69, 9.17) is 9.47 Å². The van der Waals surface area contributed by atoms with Gasteiger partial charge in [0.25, 0.3) is 0 Å². The summed E-state index contributed by atoms with van der Waals surface area (Å²) in [5.41, 5.74) is 0.00171. The molecular weight excluding hydrogens is 458 g/mol. The number of anilines is 1. The molecule has 0 spiro atoms. The molecule has 178 valence electrons. The van der Waals surface area contributed by atoms with Crippen molar-refractivity contribution in [2.24, 2.45) is 0 Å². The number of amides is 1. The van der Waals surface area contributed by atoms with Gasteiger partial charge < -0.3 is 19.7 Å². The van der Waals surface area contributed by atoms with E-state index in [-0.39, 0.29) is 18.1 Å². The van der Waals surface area contributed by atoms with E-state index in [1.807, 2.05) is 0 Å². The maximum atomic E-state index is 13.4. The van der Waals surface area contributed by atoms with Crippen LogP contribution >= 0.6 is 0 Å². The number of ether oxygens (including phenoxy) is 2. The van der Waals surface area contributed by atoms with Crippen molar-refractivity contribution < 1.29 is 42.0 Å². The number of benzene rings is 3. The summed E-state index contributed by atoms with van der Waals surface area (Å²) >= 11 is 0. The number of carbonyl (C=O) groups is 1. The Bertz CT molecular complexity index is 1130. The van der Waals surface area contributed by atoms with Crippen molar-refractivity contribution in [2.45, 2.75) is 24.4 Å². The molecule has 3 aromatic carbocycles. The summed E-state index contributed by atoms with van der Waals surface area (Å²) in [6, 6.07) is 14.1. The van der Waals surface area contributed by atoms with E-state index in [0.29, 0.717) is 11.3 Å². The molecule has 0 bridgehead atoms. The number of alkyl halides is 3. The zero-order valence-corrected chi connectivity index (χ0v) is 17.4. The summed E-state index contributed by atoms with van der Waals surface area (Å²) in [4.78, 5) is 14.0. The Morgan fingerprint density at radius 2 is 1.59 bits per heavy atom. The number of hydrogen-bond donors (Lipinski definition) is 2. The Morgan fingerprint density at radius 1 is 0.971 bits per heavy atom. The lowest BCUT2D eigenvalue weighted by molar-refractivity contribution is -0.137. The van der Waals surface area contributed by atoms with E-state index in [0.717, 1.165) is 24.3 Å². The van der Waals surface area contributed by atoms with Crippen molar-refractivity contribution in [3.8, 4) is 11.5 Å². The topological polar surface area (TPSA) is 79.2 Å². The van der Waals surface area contributed by atoms with Crippen molar-refractivity contribution in [3.05, 3.63) is 89.7 Å². The second-order valence-electron chi connectivity index (χ2n) is 7.63. The quantitative estimate of drug-likeness (QED) is 0.486. The number of rotatable bonds is 6. The van der Waals surface area contributed by atoms with Crippen LogP contribution in [0.3, 0.4) is 0 Å². The van der Waals surface area contributed by atoms with Gasteiger partial charge >= 0.3 is 12.3 Å². The molecule has 0 radical (unpaired) electrons. The van der Waals surface area contributed by atoms with E-state index in [9.17, 15) is 32.6 Å². The Labute approximate surface area is 191 Å². The monoisotopic (exact) mass is 477 g/mol. The third-order valence-electron chi connectivity index (χ3n) is 5.34. The average Bonchev–Trinajstić information content (AvgIpc) is 3.15. The number of phenolic OH excluding ortho intramolecular Hbond substituents is 1. The zero-order valence-electron chi connectivity index (χ0n) is 17.4. The fourth-order valence-electron chi connectivity index (χ4n) is 3.68. The lowest BCUT2D eigenvalue weighted by Crippen LogP contribution is -2.38. The number of halogens is 4. The number of cyclic esters (lactones) is 1. The van der Waals surface area contributed by atoms with Gasteiger partial charge in [-0.3, -0.25) is 4.90 Å². The molecule has 1 saturated heterocycles. The molecular formula is C24H19F4NO5. The highest BCUT2D eigenvalue weighted by Gasteiger charge is 2.47. The van der Waals surface area contributed by atoms with Gasteiger partial charge in [-0.2, -0.15) is 13.2 Å². The highest BCUT2D eigenvalue weighted by atomic mass is 19.4. The number of aliphatic hydroxyl groups is 1. The minimum absolute atomic E-state index is 0.00920. The second-order valence-corrected chi connectivity index (χ2v) is 7.63. The van der Waals surface area contributed by atoms with Crippen LogP contribution in [-0.4, -0.2) is 35.1 Å². The molecule has 1 aliphatic rings. The lowest BCUT2D eigenvalue weighted by atomic mass is 9.96. The molecule has 0 aromatic heterocycles. The molecule has 34 heavy (non-hydrogen) atoms. The molecule has 0 saturated carbocycles. The third kappa shape index (κ3) is 4.91. The van der Waals surface area contributed by atoms with Crippen LogP contribution in [-0.2, 0) is 10.9 Å². The number of aromatic hydroxyl groups is 1. The van der Waals surface area contributed by atoms with Gasteiger partial charge in [-0.25, -0.2) is 9.18 Å². The number of hydrogen-bond acceptors (Lipinski definition) is 5. The van der Waals surface area contributed by atoms with Crippen molar-refractivity contribution in [3.63, 3.8) is 0 Å². The SMILES string of the molecule is O=C1OC(C(O)COc2ccc(C(F)(F)F)cc2)[C@@H](c2ccc(O)cc2)N1c1ccc(F)cc1. The van der Waals surface area contributed by atoms with E-state index < -0.39 is 41.9 Å². The summed E-state index contributed by atoms with van der Waals surface area (Å²) < 4.78 is 62.5. The molecule has 3 atom stereocenters. The van der Waals surface area contributed by atoms with E-state index >= 15 is 0 Å². The van der Waals surface area contributed by atoms with Gasteiger partial charge in [0, 0.05) is 5.69 Å². The van der Waals surface area contributed by atoms with Crippen molar-refractivity contribution >= 4 is 11.8 Å². The second kappa shape index (κ2) is 9.22. The number of carbonyl (C=O) groups excluding carboxylic acids is 1. The third-order valence-corrected chi connectivity index (χ3v) is 5.34. The molecule has 6 nitrogen and oxygen atoms in total. The van der Waals surface area contributed by atoms with E-state index in [2.05, 4.69) is 0 Å². The van der Waals surface area contributed by atoms with Crippen LogP contribution < -0.4 is 9.64 Å². The lowest BCUT2D eigenvalue weighted by Gasteiger charge is -2.27. The first kappa shape index (κ1) is 23.4. The predicted molar refractivity (Wildman–Crippen MR) is 113 cm³/mol. The molecule has 2 unspecified atom stereocenters. The normalized spacial score (nSPS) is 19.1. The van der Waals surface area contributed by atoms with Gasteiger partial charge in [0.15, 0.2) is 6.10 Å². The molecule has 1 aliphatic heterocycles. The molecule has 0 aliphatic carbocycles. The van der Waals surface area contributed by atoms with Crippen molar-refractivity contribution in [1.29, 1.82) is 0 Å². The summed E-state index contributed by atoms with van der Waals surface area (Å²) in [6.45, 7) is -0.380. The average molecular weight is 477 g/mol. The predicted octanol–water partition coefficient (Wildman–Crippen LogP) is 5.06. The fraction of sp³-hybridized carbons (Fsp3) is 0.208. The van der Waals surface area contributed by atoms with E-state index in [1.54, 1.807) is 12.1 Å². The summed E-state index contributed by atoms with van der Waals surface area (Å²) in [7, 11) is 0. The molecule has 10 heteroatoms. The molecule has 1 amide bonds. The minimum atomic E-state index is -4.49. The smallest absolute Gasteiger partial charge is 0.416 e. The largest absolute Gasteiger partial charge is 0.508 e. The van der Waals surface area contributed by atoms with Gasteiger partial charge in [-0.15, -0.1) is 0 Å². The van der Waals surface area contributed by atoms with Crippen LogP contribution in [0.5, 0.6) is 11.5 Å². The van der Waals surface area contributed by atoms with Gasteiger partial charge in [0.05, 0.1) is 5.56 Å². The Morgan fingerprint density at radius 3 is 2.18 bits per heavy atom. The first-order chi connectivity index (χ1) is 16.1. The van der Waals surface area contributed by atoms with Gasteiger partial charge in [-0.1, -0.05) is 12.1 Å². The van der Waals surface area contributed by atoms with Gasteiger partial charge in [0.1, 0.15) is 36.1 Å². The van der Waals surface area contributed by atoms with E-state index in [1.165, 1.54) is 41.3 Å². The summed E-state index contributed by atoms with van der Waals surface area (Å²) in [5, 5.41) is 20.4. The van der Waals surface area contributed by atoms with Crippen LogP contribution in [0.15, 0.2) is 72.8 Å². The van der Waals surface area contributed by atoms with Gasteiger partial charge in [0.2, 0.25) is 0 Å². The molecule has 1 fully saturated rings. The van der Waals surface area contributed by atoms with Gasteiger partial charge in [-0.05, 0) is 66.2 Å². The summed E-state index contributed by atoms with van der Waals surface area (Å²) in [6.07, 6.45) is -7.77. The number of phenols is 1. The fourth-order valence-corrected chi connectivity index (χ4v) is 3.68. The first-order valence-electron chi connectivity index (χ1n) is 10.2. The number of aliphatic hydroxyl groups excluding tert-OH is 1. The number of nitrogens with zero attached hydrogens (tertiary/aromatic N) is 1. The highest BCUT2D eigenvalue weighted by Crippen LogP contribution is 2.39. The van der Waals surface area contributed by atoms with Crippen LogP contribution in [0, 0.1) is 5.82 Å². The standard InChI is InChI=1S/C24H19F4NO5/c25-16-5-7-17(8-6-16)29-21(14-1-9-18(30)10-2-14)22(34-23(29)32)20(31)13-33-19-11-3-15(4-12-19)24(26,27)28/h1-12,20-22,30-31H,13H2/t20?,21-,22?/m1/s1. The van der Waals surface area contributed by atoms with Crippen LogP contribution in [0.25, 0.3) is 0 Å². The molecule has 3 aromatic rings. The maximum Gasteiger partial charge on any atom is 0.416 e.